The third-order valence-corrected chi connectivity index (χ3v) is 4.66. The van der Waals surface area contributed by atoms with Crippen molar-refractivity contribution in [1.82, 2.24) is 5.32 Å². The average Bonchev–Trinajstić information content (AvgIpc) is 2.48. The Morgan fingerprint density at radius 2 is 1.95 bits per heavy atom. The van der Waals surface area contributed by atoms with Crippen molar-refractivity contribution in [1.29, 1.82) is 0 Å². The second-order valence-electron chi connectivity index (χ2n) is 6.42. The molecule has 1 aliphatic rings. The molecule has 0 amide bonds. The van der Waals surface area contributed by atoms with Gasteiger partial charge in [-0.2, -0.15) is 0 Å². The topological polar surface area (TPSA) is 21.3 Å². The van der Waals surface area contributed by atoms with Gasteiger partial charge in [0.05, 0.1) is 7.11 Å². The summed E-state index contributed by atoms with van der Waals surface area (Å²) in [7, 11) is 1.71. The second kappa shape index (κ2) is 7.68. The lowest BCUT2D eigenvalue weighted by atomic mass is 9.79. The molecule has 0 aromatic heterocycles. The molecule has 1 aromatic rings. The Balaban J connectivity index is 1.72. The van der Waals surface area contributed by atoms with E-state index in [1.165, 1.54) is 31.2 Å². The normalized spacial score (nSPS) is 23.0. The standard InChI is InChI=1S/C18H29NO/c1-14(2)16-5-4-6-17(13-16)19-12-11-15-7-9-18(20-3)10-8-15/h7-10,14,16-17,19H,4-6,11-13H2,1-3H3. The summed E-state index contributed by atoms with van der Waals surface area (Å²) in [5.41, 5.74) is 1.38. The van der Waals surface area contributed by atoms with Crippen LogP contribution in [-0.4, -0.2) is 19.7 Å². The first kappa shape index (κ1) is 15.4. The van der Waals surface area contributed by atoms with E-state index in [-0.39, 0.29) is 0 Å². The summed E-state index contributed by atoms with van der Waals surface area (Å²) >= 11 is 0. The number of hydrogen-bond acceptors (Lipinski definition) is 2. The predicted molar refractivity (Wildman–Crippen MR) is 85.3 cm³/mol. The molecule has 0 spiro atoms. The lowest BCUT2D eigenvalue weighted by molar-refractivity contribution is 0.232. The molecule has 20 heavy (non-hydrogen) atoms. The predicted octanol–water partition coefficient (Wildman–Crippen LogP) is 4.04. The van der Waals surface area contributed by atoms with Crippen LogP contribution in [0.5, 0.6) is 5.75 Å². The SMILES string of the molecule is COc1ccc(CCNC2CCCC(C(C)C)C2)cc1. The van der Waals surface area contributed by atoms with E-state index in [1.54, 1.807) is 7.11 Å². The minimum atomic E-state index is 0.731. The zero-order chi connectivity index (χ0) is 14.4. The molecule has 0 heterocycles. The lowest BCUT2D eigenvalue weighted by Crippen LogP contribution is -2.36. The highest BCUT2D eigenvalue weighted by Gasteiger charge is 2.23. The van der Waals surface area contributed by atoms with Crippen LogP contribution in [0.2, 0.25) is 0 Å². The summed E-state index contributed by atoms with van der Waals surface area (Å²) in [5.74, 6) is 2.69. The molecular formula is C18H29NO. The van der Waals surface area contributed by atoms with Crippen molar-refractivity contribution < 1.29 is 4.74 Å². The summed E-state index contributed by atoms with van der Waals surface area (Å²) in [6, 6.07) is 9.15. The quantitative estimate of drug-likeness (QED) is 0.846. The molecule has 0 saturated heterocycles. The van der Waals surface area contributed by atoms with E-state index in [9.17, 15) is 0 Å². The fraction of sp³-hybridized carbons (Fsp3) is 0.667. The highest BCUT2D eigenvalue weighted by molar-refractivity contribution is 5.27. The van der Waals surface area contributed by atoms with E-state index in [0.29, 0.717) is 0 Å². The van der Waals surface area contributed by atoms with Crippen molar-refractivity contribution in [3.8, 4) is 5.75 Å². The highest BCUT2D eigenvalue weighted by atomic mass is 16.5. The monoisotopic (exact) mass is 275 g/mol. The molecule has 0 bridgehead atoms. The molecule has 1 saturated carbocycles. The van der Waals surface area contributed by atoms with Crippen LogP contribution in [0.1, 0.15) is 45.1 Å². The molecular weight excluding hydrogens is 246 g/mol. The second-order valence-corrected chi connectivity index (χ2v) is 6.42. The van der Waals surface area contributed by atoms with Crippen LogP contribution in [0.3, 0.4) is 0 Å². The van der Waals surface area contributed by atoms with E-state index in [4.69, 9.17) is 4.74 Å². The molecule has 2 atom stereocenters. The van der Waals surface area contributed by atoms with Gasteiger partial charge in [-0.1, -0.05) is 38.8 Å². The van der Waals surface area contributed by atoms with Gasteiger partial charge in [0, 0.05) is 6.04 Å². The van der Waals surface area contributed by atoms with Crippen molar-refractivity contribution in [2.24, 2.45) is 11.8 Å². The molecule has 0 aliphatic heterocycles. The largest absolute Gasteiger partial charge is 0.497 e. The first-order valence-corrected chi connectivity index (χ1v) is 8.05. The molecule has 1 N–H and O–H groups in total. The smallest absolute Gasteiger partial charge is 0.118 e. The molecule has 2 nitrogen and oxygen atoms in total. The Morgan fingerprint density at radius 1 is 1.20 bits per heavy atom. The molecule has 112 valence electrons. The zero-order valence-corrected chi connectivity index (χ0v) is 13.2. The van der Waals surface area contributed by atoms with Crippen LogP contribution in [0.25, 0.3) is 0 Å². The first-order valence-electron chi connectivity index (χ1n) is 8.05. The summed E-state index contributed by atoms with van der Waals surface area (Å²) in [6.45, 7) is 5.82. The number of benzene rings is 1. The summed E-state index contributed by atoms with van der Waals surface area (Å²) in [6.07, 6.45) is 6.64. The molecule has 2 unspecified atom stereocenters. The van der Waals surface area contributed by atoms with Gasteiger partial charge in [-0.3, -0.25) is 0 Å². The maximum Gasteiger partial charge on any atom is 0.118 e. The van der Waals surface area contributed by atoms with Crippen LogP contribution < -0.4 is 10.1 Å². The van der Waals surface area contributed by atoms with Gasteiger partial charge in [0.1, 0.15) is 5.75 Å². The average molecular weight is 275 g/mol. The van der Waals surface area contributed by atoms with E-state index < -0.39 is 0 Å². The molecule has 1 aromatic carbocycles. The Bertz CT molecular complexity index is 385. The molecule has 0 radical (unpaired) electrons. The third-order valence-electron chi connectivity index (χ3n) is 4.66. The van der Waals surface area contributed by atoms with Gasteiger partial charge < -0.3 is 10.1 Å². The minimum Gasteiger partial charge on any atom is -0.497 e. The van der Waals surface area contributed by atoms with Gasteiger partial charge in [0.15, 0.2) is 0 Å². The lowest BCUT2D eigenvalue weighted by Gasteiger charge is -2.32. The molecule has 2 heteroatoms. The highest BCUT2D eigenvalue weighted by Crippen LogP contribution is 2.29. The molecule has 2 rings (SSSR count). The molecule has 1 fully saturated rings. The first-order chi connectivity index (χ1) is 9.69. The van der Waals surface area contributed by atoms with Gasteiger partial charge >= 0.3 is 0 Å². The summed E-state index contributed by atoms with van der Waals surface area (Å²) < 4.78 is 5.19. The van der Waals surface area contributed by atoms with Gasteiger partial charge in [0.25, 0.3) is 0 Å². The van der Waals surface area contributed by atoms with E-state index in [2.05, 4.69) is 31.3 Å². The van der Waals surface area contributed by atoms with E-state index >= 15 is 0 Å². The van der Waals surface area contributed by atoms with Crippen LogP contribution in [0.15, 0.2) is 24.3 Å². The Morgan fingerprint density at radius 3 is 2.60 bits per heavy atom. The van der Waals surface area contributed by atoms with Gasteiger partial charge in [0.2, 0.25) is 0 Å². The van der Waals surface area contributed by atoms with Crippen molar-refractivity contribution in [3.63, 3.8) is 0 Å². The minimum absolute atomic E-state index is 0.731. The number of hydrogen-bond donors (Lipinski definition) is 1. The summed E-state index contributed by atoms with van der Waals surface area (Å²) in [5, 5.41) is 3.75. The fourth-order valence-electron chi connectivity index (χ4n) is 3.23. The van der Waals surface area contributed by atoms with Crippen molar-refractivity contribution in [2.45, 2.75) is 52.0 Å². The zero-order valence-electron chi connectivity index (χ0n) is 13.2. The number of ether oxygens (including phenoxy) is 1. The number of nitrogens with one attached hydrogen (secondary N) is 1. The van der Waals surface area contributed by atoms with Crippen molar-refractivity contribution in [3.05, 3.63) is 29.8 Å². The maximum atomic E-state index is 5.19. The van der Waals surface area contributed by atoms with Crippen LogP contribution >= 0.6 is 0 Å². The van der Waals surface area contributed by atoms with Crippen LogP contribution in [-0.2, 0) is 6.42 Å². The third kappa shape index (κ3) is 4.52. The maximum absolute atomic E-state index is 5.19. The van der Waals surface area contributed by atoms with Gasteiger partial charge in [-0.15, -0.1) is 0 Å². The van der Waals surface area contributed by atoms with E-state index in [0.717, 1.165) is 36.6 Å². The number of rotatable bonds is 6. The number of methoxy groups -OCH3 is 1. The Kier molecular flexibility index (Phi) is 5.90. The fourth-order valence-corrected chi connectivity index (χ4v) is 3.23. The van der Waals surface area contributed by atoms with E-state index in [1.807, 2.05) is 12.1 Å². The van der Waals surface area contributed by atoms with Gasteiger partial charge in [-0.05, 0) is 55.3 Å². The van der Waals surface area contributed by atoms with Crippen LogP contribution in [0, 0.1) is 11.8 Å². The van der Waals surface area contributed by atoms with Crippen molar-refractivity contribution in [2.75, 3.05) is 13.7 Å². The Hall–Kier alpha value is -1.02. The van der Waals surface area contributed by atoms with Gasteiger partial charge in [-0.25, -0.2) is 0 Å². The Labute approximate surface area is 123 Å². The van der Waals surface area contributed by atoms with Crippen LogP contribution in [0.4, 0.5) is 0 Å². The molecule has 1 aliphatic carbocycles. The van der Waals surface area contributed by atoms with Crippen molar-refractivity contribution >= 4 is 0 Å². The summed E-state index contributed by atoms with van der Waals surface area (Å²) in [4.78, 5) is 0.